The highest BCUT2D eigenvalue weighted by Gasteiger charge is 2.08. The van der Waals surface area contributed by atoms with Crippen LogP contribution in [-0.2, 0) is 7.05 Å². The molecule has 68 valence electrons. The van der Waals surface area contributed by atoms with E-state index in [0.29, 0.717) is 0 Å². The van der Waals surface area contributed by atoms with Crippen LogP contribution in [0.4, 0.5) is 5.00 Å². The van der Waals surface area contributed by atoms with Gasteiger partial charge in [0.15, 0.2) is 5.82 Å². The zero-order chi connectivity index (χ0) is 9.42. The van der Waals surface area contributed by atoms with Gasteiger partial charge >= 0.3 is 0 Å². The normalized spacial score (nSPS) is 10.6. The fraction of sp³-hybridized carbons (Fsp3) is 0.250. The Hall–Kier alpha value is -1.36. The molecule has 0 radical (unpaired) electrons. The fourth-order valence-electron chi connectivity index (χ4n) is 1.20. The van der Waals surface area contributed by atoms with Gasteiger partial charge in [0.05, 0.1) is 9.88 Å². The number of aryl methyl sites for hydroxylation is 2. The molecule has 0 amide bonds. The number of hydrogen-bond donors (Lipinski definition) is 1. The van der Waals surface area contributed by atoms with Gasteiger partial charge in [-0.15, -0.1) is 11.3 Å². The minimum atomic E-state index is 0.782. The van der Waals surface area contributed by atoms with Crippen molar-refractivity contribution >= 4 is 16.3 Å². The van der Waals surface area contributed by atoms with E-state index in [4.69, 9.17) is 5.73 Å². The molecule has 2 aromatic rings. The monoisotopic (exact) mass is 194 g/mol. The Morgan fingerprint density at radius 2 is 2.23 bits per heavy atom. The van der Waals surface area contributed by atoms with Crippen LogP contribution in [0.5, 0.6) is 0 Å². The van der Waals surface area contributed by atoms with Gasteiger partial charge in [-0.3, -0.25) is 0 Å². The third kappa shape index (κ3) is 1.42. The van der Waals surface area contributed by atoms with Gasteiger partial charge in [-0.2, -0.15) is 5.10 Å². The predicted molar refractivity (Wildman–Crippen MR) is 53.5 cm³/mol. The second-order valence-electron chi connectivity index (χ2n) is 2.81. The lowest BCUT2D eigenvalue weighted by Crippen LogP contribution is -1.92. The summed E-state index contributed by atoms with van der Waals surface area (Å²) in [5.74, 6) is 1.66. The molecule has 0 aliphatic heterocycles. The van der Waals surface area contributed by atoms with Crippen LogP contribution in [0, 0.1) is 6.92 Å². The first-order valence-electron chi connectivity index (χ1n) is 3.90. The number of nitrogen functional groups attached to an aromatic ring is 1. The summed E-state index contributed by atoms with van der Waals surface area (Å²) in [5.41, 5.74) is 5.63. The fourth-order valence-corrected chi connectivity index (χ4v) is 2.00. The summed E-state index contributed by atoms with van der Waals surface area (Å²) in [6.07, 6.45) is 0. The van der Waals surface area contributed by atoms with Gasteiger partial charge in [0, 0.05) is 7.05 Å². The van der Waals surface area contributed by atoms with Gasteiger partial charge in [0.2, 0.25) is 0 Å². The zero-order valence-electron chi connectivity index (χ0n) is 7.48. The summed E-state index contributed by atoms with van der Waals surface area (Å²) in [4.78, 5) is 5.36. The minimum absolute atomic E-state index is 0.782. The van der Waals surface area contributed by atoms with Gasteiger partial charge in [-0.1, -0.05) is 0 Å². The molecular formula is C8H10N4S. The molecule has 2 N–H and O–H groups in total. The lowest BCUT2D eigenvalue weighted by molar-refractivity contribution is 0.765. The van der Waals surface area contributed by atoms with Crippen molar-refractivity contribution < 1.29 is 0 Å². The molecule has 13 heavy (non-hydrogen) atoms. The van der Waals surface area contributed by atoms with E-state index >= 15 is 0 Å². The maximum Gasteiger partial charge on any atom is 0.168 e. The van der Waals surface area contributed by atoms with Crippen molar-refractivity contribution in [3.05, 3.63) is 18.0 Å². The summed E-state index contributed by atoms with van der Waals surface area (Å²) in [7, 11) is 1.88. The van der Waals surface area contributed by atoms with Crippen LogP contribution in [0.2, 0.25) is 0 Å². The van der Waals surface area contributed by atoms with Crippen molar-refractivity contribution in [1.82, 2.24) is 14.8 Å². The van der Waals surface area contributed by atoms with Crippen molar-refractivity contribution in [2.24, 2.45) is 7.05 Å². The van der Waals surface area contributed by atoms with Gasteiger partial charge in [-0.05, 0) is 19.1 Å². The van der Waals surface area contributed by atoms with Crippen molar-refractivity contribution in [2.45, 2.75) is 6.92 Å². The first kappa shape index (κ1) is 8.25. The molecule has 2 heterocycles. The molecule has 4 nitrogen and oxygen atoms in total. The van der Waals surface area contributed by atoms with Gasteiger partial charge in [-0.25, -0.2) is 9.67 Å². The Bertz CT molecular complexity index is 429. The highest BCUT2D eigenvalue weighted by atomic mass is 32.1. The molecule has 2 rings (SSSR count). The zero-order valence-corrected chi connectivity index (χ0v) is 8.30. The molecule has 0 spiro atoms. The lowest BCUT2D eigenvalue weighted by Gasteiger charge is -1.93. The van der Waals surface area contributed by atoms with Crippen molar-refractivity contribution in [2.75, 3.05) is 5.73 Å². The molecule has 0 saturated heterocycles. The number of anilines is 1. The predicted octanol–water partition coefficient (Wildman–Crippen LogP) is 1.43. The number of rotatable bonds is 1. The Morgan fingerprint density at radius 1 is 1.46 bits per heavy atom. The Balaban J connectivity index is 2.51. The van der Waals surface area contributed by atoms with Crippen LogP contribution in [-0.4, -0.2) is 14.8 Å². The van der Waals surface area contributed by atoms with Crippen molar-refractivity contribution in [1.29, 1.82) is 0 Å². The minimum Gasteiger partial charge on any atom is -0.391 e. The highest BCUT2D eigenvalue weighted by Crippen LogP contribution is 2.27. The summed E-state index contributed by atoms with van der Waals surface area (Å²) in [6, 6.07) is 3.84. The molecule has 0 fully saturated rings. The SMILES string of the molecule is Cc1nc(-c2ccc(N)s2)n(C)n1. The van der Waals surface area contributed by atoms with E-state index in [-0.39, 0.29) is 0 Å². The van der Waals surface area contributed by atoms with Gasteiger partial charge < -0.3 is 5.73 Å². The molecule has 2 aromatic heterocycles. The number of thiophene rings is 1. The third-order valence-corrected chi connectivity index (χ3v) is 2.63. The third-order valence-electron chi connectivity index (χ3n) is 1.72. The highest BCUT2D eigenvalue weighted by molar-refractivity contribution is 7.19. The molecule has 0 aromatic carbocycles. The first-order valence-corrected chi connectivity index (χ1v) is 4.72. The first-order chi connectivity index (χ1) is 6.16. The van der Waals surface area contributed by atoms with Crippen LogP contribution < -0.4 is 5.73 Å². The quantitative estimate of drug-likeness (QED) is 0.747. The molecule has 0 atom stereocenters. The standard InChI is InChI=1S/C8H10N4S/c1-5-10-8(12(2)11-5)6-3-4-7(9)13-6/h3-4H,9H2,1-2H3. The van der Waals surface area contributed by atoms with E-state index in [1.807, 2.05) is 26.1 Å². The van der Waals surface area contributed by atoms with Crippen molar-refractivity contribution in [3.8, 4) is 10.7 Å². The number of hydrogen-bond acceptors (Lipinski definition) is 4. The largest absolute Gasteiger partial charge is 0.391 e. The van der Waals surface area contributed by atoms with E-state index in [1.165, 1.54) is 11.3 Å². The van der Waals surface area contributed by atoms with Gasteiger partial charge in [0.25, 0.3) is 0 Å². The topological polar surface area (TPSA) is 56.7 Å². The van der Waals surface area contributed by atoms with Crippen molar-refractivity contribution in [3.63, 3.8) is 0 Å². The molecule has 0 unspecified atom stereocenters. The number of nitrogens with two attached hydrogens (primary N) is 1. The molecule has 5 heteroatoms. The summed E-state index contributed by atoms with van der Waals surface area (Å²) in [5, 5.41) is 4.97. The van der Waals surface area contributed by atoms with E-state index in [1.54, 1.807) is 4.68 Å². The van der Waals surface area contributed by atoms with E-state index in [2.05, 4.69) is 10.1 Å². The lowest BCUT2D eigenvalue weighted by atomic mass is 10.4. The Morgan fingerprint density at radius 3 is 2.69 bits per heavy atom. The van der Waals surface area contributed by atoms with Crippen LogP contribution in [0.15, 0.2) is 12.1 Å². The Labute approximate surface area is 80.0 Å². The number of nitrogens with zero attached hydrogens (tertiary/aromatic N) is 3. The molecule has 0 aliphatic carbocycles. The van der Waals surface area contributed by atoms with E-state index in [9.17, 15) is 0 Å². The average molecular weight is 194 g/mol. The Kier molecular flexibility index (Phi) is 1.81. The summed E-state index contributed by atoms with van der Waals surface area (Å²) >= 11 is 1.52. The second kappa shape index (κ2) is 2.85. The summed E-state index contributed by atoms with van der Waals surface area (Å²) < 4.78 is 1.76. The van der Waals surface area contributed by atoms with Gasteiger partial charge in [0.1, 0.15) is 5.82 Å². The van der Waals surface area contributed by atoms with Crippen LogP contribution in [0.3, 0.4) is 0 Å². The average Bonchev–Trinajstić information content (AvgIpc) is 2.58. The van der Waals surface area contributed by atoms with E-state index < -0.39 is 0 Å². The van der Waals surface area contributed by atoms with E-state index in [0.717, 1.165) is 21.5 Å². The number of aromatic nitrogens is 3. The van der Waals surface area contributed by atoms with Crippen LogP contribution in [0.25, 0.3) is 10.7 Å². The molecule has 0 saturated carbocycles. The molecule has 0 bridgehead atoms. The molecule has 0 aliphatic rings. The summed E-state index contributed by atoms with van der Waals surface area (Å²) in [6.45, 7) is 1.88. The smallest absolute Gasteiger partial charge is 0.168 e. The maximum atomic E-state index is 5.63. The maximum absolute atomic E-state index is 5.63. The van der Waals surface area contributed by atoms with Crippen LogP contribution >= 0.6 is 11.3 Å². The van der Waals surface area contributed by atoms with Crippen LogP contribution in [0.1, 0.15) is 5.82 Å². The molecular weight excluding hydrogens is 184 g/mol. The second-order valence-corrected chi connectivity index (χ2v) is 3.92.